The molecule has 2 aromatic carbocycles. The molecular weight excluding hydrogens is 510 g/mol. The zero-order valence-electron chi connectivity index (χ0n) is 23.9. The molecule has 0 radical (unpaired) electrons. The zero-order chi connectivity index (χ0) is 28.2. The lowest BCUT2D eigenvalue weighted by molar-refractivity contribution is -0.160. The molecule has 0 amide bonds. The summed E-state index contributed by atoms with van der Waals surface area (Å²) in [6, 6.07) is 8.20. The molecule has 3 aromatic rings. The van der Waals surface area contributed by atoms with Crippen LogP contribution in [0.3, 0.4) is 0 Å². The molecule has 0 fully saturated rings. The van der Waals surface area contributed by atoms with Crippen LogP contribution in [0, 0.1) is 20.8 Å². The van der Waals surface area contributed by atoms with Gasteiger partial charge in [0.15, 0.2) is 6.10 Å². The summed E-state index contributed by atoms with van der Waals surface area (Å²) in [6.45, 7) is 15.4. The molecule has 8 heteroatoms. The van der Waals surface area contributed by atoms with Crippen molar-refractivity contribution in [2.75, 3.05) is 29.0 Å². The maximum atomic E-state index is 12.9. The van der Waals surface area contributed by atoms with Crippen LogP contribution < -0.4 is 14.4 Å². The number of aromatic nitrogens is 1. The van der Waals surface area contributed by atoms with Crippen molar-refractivity contribution in [3.05, 3.63) is 58.3 Å². The molecule has 7 nitrogen and oxygen atoms in total. The second-order valence-electron chi connectivity index (χ2n) is 11.2. The maximum absolute atomic E-state index is 12.9. The highest BCUT2D eigenvalue weighted by Gasteiger charge is 2.39. The lowest BCUT2D eigenvalue weighted by atomic mass is 9.79. The average Bonchev–Trinajstić information content (AvgIpc) is 2.89. The molecule has 3 heterocycles. The van der Waals surface area contributed by atoms with E-state index >= 15 is 0 Å². The number of ether oxygens (including phenoxy) is 2. The Labute approximate surface area is 235 Å². The molecule has 5 rings (SSSR count). The molecule has 2 aliphatic rings. The molecule has 39 heavy (non-hydrogen) atoms. The van der Waals surface area contributed by atoms with E-state index in [1.165, 1.54) is 0 Å². The standard InChI is InChI=1S/C31H37N3O4S/c1-16-20(11-12-22-26(16)33-14-15-37-22)23-17(2)25-27-21(10-9-13-32-27)19(4)34(39-8)28(25)18(3)24(23)29(30(35)36)38-31(5,6)7/h9-13,19,29,33H,14-15H2,1-8H3,(H,35,36)/t19-,29?/m1/s1. The minimum absolute atomic E-state index is 0.0617. The molecule has 0 spiro atoms. The molecule has 206 valence electrons. The van der Waals surface area contributed by atoms with Gasteiger partial charge in [-0.2, -0.15) is 0 Å². The van der Waals surface area contributed by atoms with E-state index in [9.17, 15) is 9.90 Å². The van der Waals surface area contributed by atoms with Gasteiger partial charge in [-0.25, -0.2) is 4.79 Å². The molecule has 0 bridgehead atoms. The number of benzene rings is 2. The van der Waals surface area contributed by atoms with Gasteiger partial charge >= 0.3 is 5.97 Å². The molecule has 2 N–H and O–H groups in total. The molecule has 1 aromatic heterocycles. The van der Waals surface area contributed by atoms with Crippen molar-refractivity contribution in [3.63, 3.8) is 0 Å². The smallest absolute Gasteiger partial charge is 0.337 e. The predicted octanol–water partition coefficient (Wildman–Crippen LogP) is 7.24. The Balaban J connectivity index is 1.93. The third-order valence-electron chi connectivity index (χ3n) is 7.63. The summed E-state index contributed by atoms with van der Waals surface area (Å²) < 4.78 is 14.5. The second kappa shape index (κ2) is 10.1. The Morgan fingerprint density at radius 2 is 1.92 bits per heavy atom. The van der Waals surface area contributed by atoms with Crippen molar-refractivity contribution in [1.82, 2.24) is 4.98 Å². The summed E-state index contributed by atoms with van der Waals surface area (Å²) in [5.74, 6) is -0.199. The van der Waals surface area contributed by atoms with Crippen molar-refractivity contribution in [3.8, 4) is 28.1 Å². The van der Waals surface area contributed by atoms with Gasteiger partial charge in [0, 0.05) is 35.7 Å². The van der Waals surface area contributed by atoms with Gasteiger partial charge in [0.25, 0.3) is 0 Å². The van der Waals surface area contributed by atoms with Crippen LogP contribution in [-0.4, -0.2) is 41.1 Å². The molecule has 2 atom stereocenters. The number of hydrogen-bond acceptors (Lipinski definition) is 7. The van der Waals surface area contributed by atoms with Gasteiger partial charge in [0.05, 0.1) is 28.7 Å². The SMILES string of the molecule is CSN1c2c(C)c(C(OC(C)(C)C)C(=O)O)c(-c3ccc4c(c3C)NCCO4)c(C)c2-c2ncccc2[C@H]1C. The lowest BCUT2D eigenvalue weighted by Gasteiger charge is -2.40. The first-order chi connectivity index (χ1) is 18.5. The highest BCUT2D eigenvalue weighted by molar-refractivity contribution is 8.00. The number of carboxylic acid groups (broad SMARTS) is 1. The highest BCUT2D eigenvalue weighted by atomic mass is 32.2. The van der Waals surface area contributed by atoms with Gasteiger partial charge in [0.2, 0.25) is 0 Å². The quantitative estimate of drug-likeness (QED) is 0.323. The number of carboxylic acids is 1. The molecular formula is C31H37N3O4S. The van der Waals surface area contributed by atoms with Crippen LogP contribution >= 0.6 is 11.9 Å². The van der Waals surface area contributed by atoms with E-state index in [4.69, 9.17) is 14.5 Å². The van der Waals surface area contributed by atoms with Crippen LogP contribution in [0.5, 0.6) is 5.75 Å². The zero-order valence-corrected chi connectivity index (χ0v) is 24.7. The second-order valence-corrected chi connectivity index (χ2v) is 12.0. The Morgan fingerprint density at radius 1 is 1.18 bits per heavy atom. The number of hydrogen-bond donors (Lipinski definition) is 2. The number of carbonyl (C=O) groups is 1. The summed E-state index contributed by atoms with van der Waals surface area (Å²) in [4.78, 5) is 17.8. The normalized spacial score (nSPS) is 16.9. The number of nitrogens with zero attached hydrogens (tertiary/aromatic N) is 2. The Hall–Kier alpha value is -3.23. The van der Waals surface area contributed by atoms with E-state index in [0.29, 0.717) is 12.2 Å². The van der Waals surface area contributed by atoms with E-state index in [1.807, 2.05) is 52.1 Å². The van der Waals surface area contributed by atoms with Crippen molar-refractivity contribution in [2.24, 2.45) is 0 Å². The van der Waals surface area contributed by atoms with E-state index < -0.39 is 17.7 Å². The van der Waals surface area contributed by atoms with Crippen molar-refractivity contribution in [1.29, 1.82) is 0 Å². The summed E-state index contributed by atoms with van der Waals surface area (Å²) in [6.07, 6.45) is 2.73. The van der Waals surface area contributed by atoms with Gasteiger partial charge < -0.3 is 24.2 Å². The van der Waals surface area contributed by atoms with Crippen LogP contribution in [0.4, 0.5) is 11.4 Å². The minimum Gasteiger partial charge on any atom is -0.490 e. The van der Waals surface area contributed by atoms with Gasteiger partial charge in [-0.05, 0) is 88.4 Å². The van der Waals surface area contributed by atoms with Crippen LogP contribution in [0.1, 0.15) is 67.7 Å². The van der Waals surface area contributed by atoms with Gasteiger partial charge in [-0.15, -0.1) is 0 Å². The summed E-state index contributed by atoms with van der Waals surface area (Å²) >= 11 is 1.64. The van der Waals surface area contributed by atoms with Crippen LogP contribution in [-0.2, 0) is 9.53 Å². The van der Waals surface area contributed by atoms with Gasteiger partial charge in [-0.3, -0.25) is 4.98 Å². The monoisotopic (exact) mass is 547 g/mol. The Bertz CT molecular complexity index is 1460. The summed E-state index contributed by atoms with van der Waals surface area (Å²) in [5, 5.41) is 14.1. The third-order valence-corrected chi connectivity index (χ3v) is 8.52. The van der Waals surface area contributed by atoms with Crippen molar-refractivity contribution in [2.45, 2.75) is 66.2 Å². The predicted molar refractivity (Wildman–Crippen MR) is 159 cm³/mol. The highest BCUT2D eigenvalue weighted by Crippen LogP contribution is 2.55. The molecule has 0 aliphatic carbocycles. The number of anilines is 2. The molecule has 1 unspecified atom stereocenters. The first-order valence-electron chi connectivity index (χ1n) is 13.3. The number of aliphatic carboxylic acids is 1. The molecule has 0 saturated heterocycles. The Kier molecular flexibility index (Phi) is 7.06. The molecule has 0 saturated carbocycles. The first kappa shape index (κ1) is 27.3. The fourth-order valence-corrected chi connectivity index (χ4v) is 6.84. The van der Waals surface area contributed by atoms with Crippen LogP contribution in [0.25, 0.3) is 22.4 Å². The summed E-state index contributed by atoms with van der Waals surface area (Å²) in [7, 11) is 0. The molecule has 2 aliphatic heterocycles. The summed E-state index contributed by atoms with van der Waals surface area (Å²) in [5.41, 5.74) is 9.82. The Morgan fingerprint density at radius 3 is 2.59 bits per heavy atom. The van der Waals surface area contributed by atoms with E-state index in [2.05, 4.69) is 42.7 Å². The third kappa shape index (κ3) is 4.53. The average molecular weight is 548 g/mol. The number of pyridine rings is 1. The number of fused-ring (bicyclic) bond motifs is 4. The fraction of sp³-hybridized carbons (Fsp3) is 0.419. The van der Waals surface area contributed by atoms with Gasteiger partial charge in [-0.1, -0.05) is 24.1 Å². The first-order valence-corrected chi connectivity index (χ1v) is 14.5. The maximum Gasteiger partial charge on any atom is 0.337 e. The van der Waals surface area contributed by atoms with Crippen LogP contribution in [0.2, 0.25) is 0 Å². The minimum atomic E-state index is -1.16. The van der Waals surface area contributed by atoms with E-state index in [-0.39, 0.29) is 6.04 Å². The van der Waals surface area contributed by atoms with Crippen molar-refractivity contribution >= 4 is 29.3 Å². The van der Waals surface area contributed by atoms with Crippen molar-refractivity contribution < 1.29 is 19.4 Å². The largest absolute Gasteiger partial charge is 0.490 e. The topological polar surface area (TPSA) is 83.9 Å². The van der Waals surface area contributed by atoms with E-state index in [0.717, 1.165) is 68.3 Å². The lowest BCUT2D eigenvalue weighted by Crippen LogP contribution is -2.30. The fourth-order valence-electron chi connectivity index (χ4n) is 6.00. The number of rotatable bonds is 5. The van der Waals surface area contributed by atoms with E-state index in [1.54, 1.807) is 11.9 Å². The van der Waals surface area contributed by atoms with Gasteiger partial charge in [0.1, 0.15) is 12.4 Å². The number of nitrogens with one attached hydrogen (secondary N) is 1. The van der Waals surface area contributed by atoms with Crippen LogP contribution in [0.15, 0.2) is 30.5 Å².